The summed E-state index contributed by atoms with van der Waals surface area (Å²) in [4.78, 5) is 24.8. The number of halogens is 1. The van der Waals surface area contributed by atoms with Crippen molar-refractivity contribution in [1.29, 1.82) is 0 Å². The first-order chi connectivity index (χ1) is 11.8. The average molecular weight is 350 g/mol. The zero-order chi connectivity index (χ0) is 18.1. The minimum Gasteiger partial charge on any atom is -0.488 e. The molecule has 0 aliphatic carbocycles. The number of ether oxygens (including phenoxy) is 1. The molecular formula is C16H19FN4O4. The highest BCUT2D eigenvalue weighted by atomic mass is 19.1. The number of carboxylic acid groups (broad SMARTS) is 1. The van der Waals surface area contributed by atoms with E-state index < -0.39 is 23.5 Å². The van der Waals surface area contributed by atoms with E-state index in [2.05, 4.69) is 10.2 Å². The summed E-state index contributed by atoms with van der Waals surface area (Å²) >= 11 is 0. The van der Waals surface area contributed by atoms with E-state index in [1.165, 1.54) is 16.7 Å². The number of nitrogens with one attached hydrogen (secondary N) is 1. The highest BCUT2D eigenvalue weighted by Gasteiger charge is 2.33. The van der Waals surface area contributed by atoms with E-state index in [-0.39, 0.29) is 31.5 Å². The summed E-state index contributed by atoms with van der Waals surface area (Å²) in [6, 6.07) is 3.68. The number of aromatic amines is 1. The van der Waals surface area contributed by atoms with Crippen LogP contribution in [0.5, 0.6) is 5.75 Å². The fourth-order valence-corrected chi connectivity index (χ4v) is 2.87. The Bertz CT molecular complexity index is 845. The second-order valence-corrected chi connectivity index (χ2v) is 6.25. The lowest BCUT2D eigenvalue weighted by atomic mass is 10.1. The molecule has 8 nitrogen and oxygen atoms in total. The van der Waals surface area contributed by atoms with Crippen LogP contribution in [0.25, 0.3) is 0 Å². The van der Waals surface area contributed by atoms with Crippen LogP contribution in [-0.4, -0.2) is 42.9 Å². The summed E-state index contributed by atoms with van der Waals surface area (Å²) in [6.45, 7) is 4.01. The van der Waals surface area contributed by atoms with Gasteiger partial charge in [0, 0.05) is 6.54 Å². The van der Waals surface area contributed by atoms with Gasteiger partial charge in [0.1, 0.15) is 11.9 Å². The number of H-pyrrole nitrogens is 1. The molecule has 134 valence electrons. The molecule has 2 N–H and O–H groups in total. The maximum atomic E-state index is 14.1. The summed E-state index contributed by atoms with van der Waals surface area (Å²) in [5.41, 5.74) is 0.188. The Morgan fingerprint density at radius 2 is 2.28 bits per heavy atom. The highest BCUT2D eigenvalue weighted by molar-refractivity contribution is 5.73. The number of hydrogen-bond donors (Lipinski definition) is 2. The smallest absolute Gasteiger partial charge is 0.343 e. The molecule has 9 heteroatoms. The van der Waals surface area contributed by atoms with E-state index in [9.17, 15) is 19.1 Å². The Morgan fingerprint density at radius 3 is 2.92 bits per heavy atom. The number of carbonyl (C=O) groups is 1. The van der Waals surface area contributed by atoms with Gasteiger partial charge >= 0.3 is 11.7 Å². The van der Waals surface area contributed by atoms with Crippen molar-refractivity contribution in [2.24, 2.45) is 0 Å². The molecule has 1 atom stereocenters. The van der Waals surface area contributed by atoms with Crippen molar-refractivity contribution in [3.05, 3.63) is 45.9 Å². The molecule has 1 aromatic heterocycles. The first-order valence-electron chi connectivity index (χ1n) is 7.91. The van der Waals surface area contributed by atoms with Crippen molar-refractivity contribution in [3.8, 4) is 5.75 Å². The molecule has 2 heterocycles. The van der Waals surface area contributed by atoms with Crippen molar-refractivity contribution in [1.82, 2.24) is 19.7 Å². The molecular weight excluding hydrogens is 331 g/mol. The number of rotatable bonds is 5. The molecule has 0 amide bonds. The maximum absolute atomic E-state index is 14.1. The third-order valence-corrected chi connectivity index (χ3v) is 4.01. The van der Waals surface area contributed by atoms with Crippen LogP contribution in [0.1, 0.15) is 25.2 Å². The third-order valence-electron chi connectivity index (χ3n) is 4.01. The fourth-order valence-electron chi connectivity index (χ4n) is 2.87. The Labute approximate surface area is 142 Å². The number of aliphatic carboxylic acids is 1. The molecule has 0 saturated carbocycles. The first kappa shape index (κ1) is 17.2. The zero-order valence-electron chi connectivity index (χ0n) is 13.9. The monoisotopic (exact) mass is 350 g/mol. The van der Waals surface area contributed by atoms with Crippen LogP contribution in [0.2, 0.25) is 0 Å². The standard InChI is InChI=1S/C16H19FN4O4/c1-9(2)25-13-4-3-10(5-11(13)17)6-20-8-14-18-19-16(24)21(14)7-12(20)15(22)23/h3-5,9,12H,6-8H2,1-2H3,(H,19,24)(H,22,23). The van der Waals surface area contributed by atoms with Gasteiger partial charge in [0.25, 0.3) is 0 Å². The van der Waals surface area contributed by atoms with Gasteiger partial charge in [-0.1, -0.05) is 6.07 Å². The lowest BCUT2D eigenvalue weighted by Crippen LogP contribution is -2.49. The highest BCUT2D eigenvalue weighted by Crippen LogP contribution is 2.23. The van der Waals surface area contributed by atoms with Crippen LogP contribution in [-0.2, 0) is 24.4 Å². The van der Waals surface area contributed by atoms with Gasteiger partial charge in [-0.3, -0.25) is 14.3 Å². The molecule has 1 aliphatic rings. The first-order valence-corrected chi connectivity index (χ1v) is 7.91. The maximum Gasteiger partial charge on any atom is 0.343 e. The Kier molecular flexibility index (Phi) is 4.58. The quantitative estimate of drug-likeness (QED) is 0.833. The van der Waals surface area contributed by atoms with Crippen molar-refractivity contribution in [3.63, 3.8) is 0 Å². The minimum atomic E-state index is -1.04. The van der Waals surface area contributed by atoms with E-state index in [1.54, 1.807) is 11.0 Å². The second kappa shape index (κ2) is 6.67. The topological polar surface area (TPSA) is 100 Å². The van der Waals surface area contributed by atoms with Crippen molar-refractivity contribution in [2.45, 2.75) is 45.6 Å². The summed E-state index contributed by atoms with van der Waals surface area (Å²) < 4.78 is 20.8. The normalized spacial score (nSPS) is 17.5. The van der Waals surface area contributed by atoms with E-state index in [4.69, 9.17) is 4.74 Å². The lowest BCUT2D eigenvalue weighted by Gasteiger charge is -2.32. The number of aromatic nitrogens is 3. The molecule has 0 radical (unpaired) electrons. The van der Waals surface area contributed by atoms with Crippen molar-refractivity contribution in [2.75, 3.05) is 0 Å². The Hall–Kier alpha value is -2.68. The molecule has 1 unspecified atom stereocenters. The number of carboxylic acids is 1. The number of benzene rings is 1. The Morgan fingerprint density at radius 1 is 1.52 bits per heavy atom. The van der Waals surface area contributed by atoms with Crippen LogP contribution in [0.15, 0.2) is 23.0 Å². The van der Waals surface area contributed by atoms with Gasteiger partial charge in [0.05, 0.1) is 19.2 Å². The zero-order valence-corrected chi connectivity index (χ0v) is 13.9. The molecule has 3 rings (SSSR count). The van der Waals surface area contributed by atoms with E-state index in [1.807, 2.05) is 13.8 Å². The van der Waals surface area contributed by atoms with Crippen molar-refractivity contribution >= 4 is 5.97 Å². The van der Waals surface area contributed by atoms with Gasteiger partial charge < -0.3 is 9.84 Å². The van der Waals surface area contributed by atoms with Gasteiger partial charge in [0.15, 0.2) is 11.6 Å². The lowest BCUT2D eigenvalue weighted by molar-refractivity contribution is -0.145. The van der Waals surface area contributed by atoms with Gasteiger partial charge in [-0.15, -0.1) is 0 Å². The van der Waals surface area contributed by atoms with Crippen LogP contribution in [0.3, 0.4) is 0 Å². The third kappa shape index (κ3) is 3.55. The second-order valence-electron chi connectivity index (χ2n) is 6.25. The summed E-state index contributed by atoms with van der Waals surface area (Å²) in [7, 11) is 0. The van der Waals surface area contributed by atoms with E-state index >= 15 is 0 Å². The molecule has 0 saturated heterocycles. The number of fused-ring (bicyclic) bond motifs is 1. The molecule has 0 spiro atoms. The van der Waals surface area contributed by atoms with Crippen LogP contribution < -0.4 is 10.4 Å². The predicted octanol–water partition coefficient (Wildman–Crippen LogP) is 0.967. The van der Waals surface area contributed by atoms with E-state index in [0.717, 1.165) is 0 Å². The average Bonchev–Trinajstić information content (AvgIpc) is 2.89. The summed E-state index contributed by atoms with van der Waals surface area (Å²) in [5.74, 6) is -0.915. The van der Waals surface area contributed by atoms with Gasteiger partial charge in [-0.25, -0.2) is 14.3 Å². The van der Waals surface area contributed by atoms with E-state index in [0.29, 0.717) is 11.4 Å². The van der Waals surface area contributed by atoms with Crippen LogP contribution >= 0.6 is 0 Å². The predicted molar refractivity (Wildman–Crippen MR) is 85.7 cm³/mol. The SMILES string of the molecule is CC(C)Oc1ccc(CN2Cc3n[nH]c(=O)n3CC2C(=O)O)cc1F. The minimum absolute atomic E-state index is 0.00295. The molecule has 0 fully saturated rings. The molecule has 0 bridgehead atoms. The van der Waals surface area contributed by atoms with Crippen LogP contribution in [0, 0.1) is 5.82 Å². The van der Waals surface area contributed by atoms with Crippen molar-refractivity contribution < 1.29 is 19.0 Å². The Balaban J connectivity index is 1.82. The summed E-state index contributed by atoms with van der Waals surface area (Å²) in [5, 5.41) is 15.7. The van der Waals surface area contributed by atoms with Gasteiger partial charge in [-0.2, -0.15) is 5.10 Å². The number of nitrogens with zero attached hydrogens (tertiary/aromatic N) is 3. The largest absolute Gasteiger partial charge is 0.488 e. The molecule has 2 aromatic rings. The number of hydrogen-bond acceptors (Lipinski definition) is 5. The molecule has 1 aliphatic heterocycles. The van der Waals surface area contributed by atoms with Crippen LogP contribution in [0.4, 0.5) is 4.39 Å². The molecule has 1 aromatic carbocycles. The van der Waals surface area contributed by atoms with Gasteiger partial charge in [-0.05, 0) is 31.5 Å². The summed E-state index contributed by atoms with van der Waals surface area (Å²) in [6.07, 6.45) is -0.143. The fraction of sp³-hybridized carbons (Fsp3) is 0.438. The van der Waals surface area contributed by atoms with Gasteiger partial charge in [0.2, 0.25) is 0 Å². The molecule has 25 heavy (non-hydrogen) atoms.